The Morgan fingerprint density at radius 1 is 1.26 bits per heavy atom. The molecule has 0 saturated carbocycles. The lowest BCUT2D eigenvalue weighted by Gasteiger charge is -2.16. The molecule has 27 heavy (non-hydrogen) atoms. The maximum atomic E-state index is 12.3. The number of carbonyl (C=O) groups is 1. The lowest BCUT2D eigenvalue weighted by Crippen LogP contribution is -2.30. The molecule has 0 radical (unpaired) electrons. The van der Waals surface area contributed by atoms with E-state index in [0.717, 1.165) is 17.7 Å². The van der Waals surface area contributed by atoms with Crippen molar-refractivity contribution in [1.82, 2.24) is 15.0 Å². The van der Waals surface area contributed by atoms with E-state index in [2.05, 4.69) is 10.1 Å². The lowest BCUT2D eigenvalue weighted by molar-refractivity contribution is 0.0771. The van der Waals surface area contributed by atoms with Gasteiger partial charge in [-0.2, -0.15) is 4.98 Å². The third-order valence-electron chi connectivity index (χ3n) is 4.55. The number of benzene rings is 1. The van der Waals surface area contributed by atoms with Crippen molar-refractivity contribution in [3.63, 3.8) is 0 Å². The molecule has 0 N–H and O–H groups in total. The van der Waals surface area contributed by atoms with Gasteiger partial charge in [0.15, 0.2) is 0 Å². The van der Waals surface area contributed by atoms with E-state index in [-0.39, 0.29) is 17.9 Å². The first kappa shape index (κ1) is 17.3. The molecule has 1 saturated heterocycles. The lowest BCUT2D eigenvalue weighted by atomic mass is 10.2. The predicted octanol–water partition coefficient (Wildman–Crippen LogP) is 3.75. The summed E-state index contributed by atoms with van der Waals surface area (Å²) in [6.45, 7) is 5.26. The number of furan rings is 1. The average Bonchev–Trinajstić information content (AvgIpc) is 3.43. The van der Waals surface area contributed by atoms with E-state index < -0.39 is 0 Å². The van der Waals surface area contributed by atoms with Crippen molar-refractivity contribution in [1.29, 1.82) is 0 Å². The van der Waals surface area contributed by atoms with E-state index in [1.165, 1.54) is 12.5 Å². The molecule has 0 bridgehead atoms. The normalized spacial score (nSPS) is 16.9. The summed E-state index contributed by atoms with van der Waals surface area (Å²) in [4.78, 5) is 18.5. The van der Waals surface area contributed by atoms with Gasteiger partial charge in [0.05, 0.1) is 18.4 Å². The Balaban J connectivity index is 1.37. The number of hydrogen-bond donors (Lipinski definition) is 0. The third-order valence-corrected chi connectivity index (χ3v) is 4.55. The molecule has 7 heteroatoms. The number of rotatable bonds is 5. The Morgan fingerprint density at radius 3 is 2.74 bits per heavy atom. The Bertz CT molecular complexity index is 900. The highest BCUT2D eigenvalue weighted by Gasteiger charge is 2.28. The van der Waals surface area contributed by atoms with Crippen LogP contribution in [-0.4, -0.2) is 40.1 Å². The number of carbonyl (C=O) groups excluding carboxylic acids is 1. The summed E-state index contributed by atoms with van der Waals surface area (Å²) in [7, 11) is 0. The smallest absolute Gasteiger partial charge is 0.257 e. The average molecular weight is 367 g/mol. The van der Waals surface area contributed by atoms with E-state index in [1.807, 2.05) is 38.1 Å². The molecule has 0 spiro atoms. The summed E-state index contributed by atoms with van der Waals surface area (Å²) in [5, 5.41) is 4.02. The van der Waals surface area contributed by atoms with Crippen LogP contribution in [0.3, 0.4) is 0 Å². The zero-order valence-corrected chi connectivity index (χ0v) is 15.3. The van der Waals surface area contributed by atoms with Crippen molar-refractivity contribution in [2.75, 3.05) is 13.1 Å². The summed E-state index contributed by atoms with van der Waals surface area (Å²) in [6.07, 6.45) is 3.75. The van der Waals surface area contributed by atoms with Crippen molar-refractivity contribution < 1.29 is 18.5 Å². The zero-order chi connectivity index (χ0) is 18.8. The Hall–Kier alpha value is -3.09. The van der Waals surface area contributed by atoms with Gasteiger partial charge < -0.3 is 18.6 Å². The summed E-state index contributed by atoms with van der Waals surface area (Å²) in [5.41, 5.74) is 1.45. The molecule has 1 atom stereocenters. The number of aromatic nitrogens is 2. The largest absolute Gasteiger partial charge is 0.489 e. The monoisotopic (exact) mass is 367 g/mol. The molecule has 1 aliphatic heterocycles. The second-order valence-corrected chi connectivity index (χ2v) is 6.93. The second kappa shape index (κ2) is 7.26. The fourth-order valence-corrected chi connectivity index (χ4v) is 3.04. The molecule has 3 aromatic rings. The molecule has 1 aromatic carbocycles. The predicted molar refractivity (Wildman–Crippen MR) is 97.5 cm³/mol. The van der Waals surface area contributed by atoms with Gasteiger partial charge >= 0.3 is 0 Å². The van der Waals surface area contributed by atoms with Crippen LogP contribution < -0.4 is 4.74 Å². The Kier molecular flexibility index (Phi) is 4.66. The van der Waals surface area contributed by atoms with Crippen molar-refractivity contribution >= 4 is 5.91 Å². The van der Waals surface area contributed by atoms with Crippen LogP contribution >= 0.6 is 0 Å². The third kappa shape index (κ3) is 3.72. The number of ether oxygens (including phenoxy) is 1. The summed E-state index contributed by atoms with van der Waals surface area (Å²) in [6, 6.07) is 9.28. The van der Waals surface area contributed by atoms with Gasteiger partial charge in [-0.15, -0.1) is 0 Å². The highest BCUT2D eigenvalue weighted by atomic mass is 16.5. The van der Waals surface area contributed by atoms with Gasteiger partial charge in [0.1, 0.15) is 18.1 Å². The zero-order valence-electron chi connectivity index (χ0n) is 15.3. The van der Waals surface area contributed by atoms with Crippen molar-refractivity contribution in [3.05, 3.63) is 54.3 Å². The first-order valence-corrected chi connectivity index (χ1v) is 9.02. The summed E-state index contributed by atoms with van der Waals surface area (Å²) in [5.74, 6) is 2.13. The molecule has 7 nitrogen and oxygen atoms in total. The van der Waals surface area contributed by atoms with E-state index in [4.69, 9.17) is 13.7 Å². The van der Waals surface area contributed by atoms with Crippen LogP contribution in [0.2, 0.25) is 0 Å². The summed E-state index contributed by atoms with van der Waals surface area (Å²) < 4.78 is 16.3. The van der Waals surface area contributed by atoms with Crippen LogP contribution in [0.4, 0.5) is 0 Å². The molecule has 4 rings (SSSR count). The van der Waals surface area contributed by atoms with Gasteiger partial charge in [0.25, 0.3) is 5.91 Å². The number of hydrogen-bond acceptors (Lipinski definition) is 6. The number of likely N-dealkylation sites (tertiary alicyclic amines) is 1. The fourth-order valence-electron chi connectivity index (χ4n) is 3.04. The van der Waals surface area contributed by atoms with Crippen LogP contribution in [-0.2, 0) is 0 Å². The first-order valence-electron chi connectivity index (χ1n) is 9.02. The molecule has 140 valence electrons. The van der Waals surface area contributed by atoms with Crippen LogP contribution in [0.15, 0.2) is 51.8 Å². The second-order valence-electron chi connectivity index (χ2n) is 6.93. The van der Waals surface area contributed by atoms with Crippen molar-refractivity contribution in [2.45, 2.75) is 32.3 Å². The van der Waals surface area contributed by atoms with Crippen molar-refractivity contribution in [2.24, 2.45) is 0 Å². The first-order chi connectivity index (χ1) is 13.1. The molecule has 3 heterocycles. The van der Waals surface area contributed by atoms with Crippen LogP contribution in [0, 0.1) is 0 Å². The van der Waals surface area contributed by atoms with Gasteiger partial charge in [0, 0.05) is 24.4 Å². The number of nitrogens with zero attached hydrogens (tertiary/aromatic N) is 3. The van der Waals surface area contributed by atoms with E-state index in [9.17, 15) is 4.79 Å². The van der Waals surface area contributed by atoms with Gasteiger partial charge in [0.2, 0.25) is 11.7 Å². The molecule has 1 aliphatic rings. The molecule has 1 unspecified atom stereocenters. The standard InChI is InChI=1S/C20H21N3O4/c1-13(2)19-21-18(22-27-19)14-3-5-16(6-4-14)26-17-7-9-23(11-17)20(24)15-8-10-25-12-15/h3-6,8,10,12-13,17H,7,9,11H2,1-2H3. The minimum absolute atomic E-state index is 0.0237. The minimum Gasteiger partial charge on any atom is -0.489 e. The van der Waals surface area contributed by atoms with Crippen molar-refractivity contribution in [3.8, 4) is 17.1 Å². The number of amides is 1. The van der Waals surface area contributed by atoms with Gasteiger partial charge in [-0.3, -0.25) is 4.79 Å². The van der Waals surface area contributed by atoms with Crippen LogP contribution in [0.5, 0.6) is 5.75 Å². The molecule has 0 aliphatic carbocycles. The highest BCUT2D eigenvalue weighted by molar-refractivity contribution is 5.94. The Labute approximate surface area is 156 Å². The molecule has 1 fully saturated rings. The minimum atomic E-state index is -0.0248. The SMILES string of the molecule is CC(C)c1nc(-c2ccc(OC3CCN(C(=O)c4ccoc4)C3)cc2)no1. The fraction of sp³-hybridized carbons (Fsp3) is 0.350. The molecule has 2 aromatic heterocycles. The van der Waals surface area contributed by atoms with E-state index in [0.29, 0.717) is 30.4 Å². The van der Waals surface area contributed by atoms with Gasteiger partial charge in [-0.1, -0.05) is 19.0 Å². The topological polar surface area (TPSA) is 81.6 Å². The maximum absolute atomic E-state index is 12.3. The van der Waals surface area contributed by atoms with Gasteiger partial charge in [-0.25, -0.2) is 0 Å². The molecular weight excluding hydrogens is 346 g/mol. The Morgan fingerprint density at radius 2 is 2.07 bits per heavy atom. The van der Waals surface area contributed by atoms with E-state index >= 15 is 0 Å². The van der Waals surface area contributed by atoms with E-state index in [1.54, 1.807) is 11.0 Å². The molecular formula is C20H21N3O4. The van der Waals surface area contributed by atoms with Crippen LogP contribution in [0.1, 0.15) is 42.4 Å². The maximum Gasteiger partial charge on any atom is 0.257 e. The van der Waals surface area contributed by atoms with Gasteiger partial charge in [-0.05, 0) is 30.3 Å². The molecule has 1 amide bonds. The quantitative estimate of drug-likeness (QED) is 0.683. The van der Waals surface area contributed by atoms with Crippen LogP contribution in [0.25, 0.3) is 11.4 Å². The highest BCUT2D eigenvalue weighted by Crippen LogP contribution is 2.24. The summed E-state index contributed by atoms with van der Waals surface area (Å²) >= 11 is 0.